The summed E-state index contributed by atoms with van der Waals surface area (Å²) < 4.78 is 15.0. The van der Waals surface area contributed by atoms with Gasteiger partial charge in [0.15, 0.2) is 10.9 Å². The number of carbonyl (C=O) groups is 1. The zero-order chi connectivity index (χ0) is 18.3. The molecule has 1 aromatic carbocycles. The van der Waals surface area contributed by atoms with E-state index < -0.39 is 0 Å². The molecule has 1 aromatic heterocycles. The fraction of sp³-hybridized carbons (Fsp3) is 0.600. The topological polar surface area (TPSA) is 45.2 Å². The van der Waals surface area contributed by atoms with E-state index in [1.807, 2.05) is 13.0 Å². The lowest BCUT2D eigenvalue weighted by Crippen LogP contribution is -2.36. The molecule has 4 nitrogen and oxygen atoms in total. The number of hydrogen-bond donors (Lipinski definition) is 1. The van der Waals surface area contributed by atoms with Crippen LogP contribution in [0.15, 0.2) is 12.1 Å². The minimum atomic E-state index is -0.304. The standard InChI is InChI=1S/C20H26FN3OS/c1-3-13-9-15(21)17-16(10-13)26-19(22-17)23-18(25)14-5-4-6-20(11-14)7-8-24(2)12-20/h9-10,14H,3-8,11-12H2,1-2H3,(H,22,23,25). The van der Waals surface area contributed by atoms with E-state index >= 15 is 0 Å². The summed E-state index contributed by atoms with van der Waals surface area (Å²) in [4.78, 5) is 19.5. The lowest BCUT2D eigenvalue weighted by atomic mass is 9.69. The number of amides is 1. The molecule has 26 heavy (non-hydrogen) atoms. The van der Waals surface area contributed by atoms with Crippen molar-refractivity contribution in [1.82, 2.24) is 9.88 Å². The van der Waals surface area contributed by atoms with Crippen molar-refractivity contribution in [3.8, 4) is 0 Å². The molecule has 1 saturated heterocycles. The first kappa shape index (κ1) is 17.9. The highest BCUT2D eigenvalue weighted by Crippen LogP contribution is 2.46. The molecule has 0 radical (unpaired) electrons. The third kappa shape index (κ3) is 3.37. The highest BCUT2D eigenvalue weighted by molar-refractivity contribution is 7.22. The molecule has 1 spiro atoms. The van der Waals surface area contributed by atoms with Gasteiger partial charge in [0.25, 0.3) is 0 Å². The highest BCUT2D eigenvalue weighted by atomic mass is 32.1. The van der Waals surface area contributed by atoms with Gasteiger partial charge in [-0.15, -0.1) is 0 Å². The molecule has 2 unspecified atom stereocenters. The molecule has 0 bridgehead atoms. The number of nitrogens with one attached hydrogen (secondary N) is 1. The molecule has 140 valence electrons. The van der Waals surface area contributed by atoms with Gasteiger partial charge >= 0.3 is 0 Å². The van der Waals surface area contributed by atoms with Crippen molar-refractivity contribution in [3.63, 3.8) is 0 Å². The summed E-state index contributed by atoms with van der Waals surface area (Å²) in [5, 5.41) is 3.49. The fourth-order valence-electron chi connectivity index (χ4n) is 4.71. The second-order valence-electron chi connectivity index (χ2n) is 8.07. The van der Waals surface area contributed by atoms with Gasteiger partial charge < -0.3 is 10.2 Å². The smallest absolute Gasteiger partial charge is 0.229 e. The van der Waals surface area contributed by atoms with Gasteiger partial charge in [-0.05, 0) is 68.8 Å². The maximum Gasteiger partial charge on any atom is 0.229 e. The Labute approximate surface area is 157 Å². The first-order chi connectivity index (χ1) is 12.5. The van der Waals surface area contributed by atoms with Crippen molar-refractivity contribution in [2.24, 2.45) is 11.3 Å². The largest absolute Gasteiger partial charge is 0.306 e. The van der Waals surface area contributed by atoms with Crippen LogP contribution in [0, 0.1) is 17.2 Å². The van der Waals surface area contributed by atoms with Crippen LogP contribution in [0.4, 0.5) is 9.52 Å². The number of hydrogen-bond acceptors (Lipinski definition) is 4. The number of carbonyl (C=O) groups excluding carboxylic acids is 1. The van der Waals surface area contributed by atoms with Gasteiger partial charge in [-0.1, -0.05) is 24.7 Å². The van der Waals surface area contributed by atoms with Crippen molar-refractivity contribution < 1.29 is 9.18 Å². The van der Waals surface area contributed by atoms with E-state index in [0.29, 0.717) is 16.1 Å². The number of benzene rings is 1. The maximum absolute atomic E-state index is 14.2. The monoisotopic (exact) mass is 375 g/mol. The number of rotatable bonds is 3. The summed E-state index contributed by atoms with van der Waals surface area (Å²) in [5.74, 6) is -0.214. The van der Waals surface area contributed by atoms with Gasteiger partial charge in [-0.25, -0.2) is 9.37 Å². The summed E-state index contributed by atoms with van der Waals surface area (Å²) in [5.41, 5.74) is 1.63. The summed E-state index contributed by atoms with van der Waals surface area (Å²) in [6, 6.07) is 3.50. The van der Waals surface area contributed by atoms with E-state index in [4.69, 9.17) is 0 Å². The Balaban J connectivity index is 1.49. The number of likely N-dealkylation sites (tertiary alicyclic amines) is 1. The molecule has 1 saturated carbocycles. The SMILES string of the molecule is CCc1cc(F)c2nc(NC(=O)C3CCCC4(CCN(C)C4)C3)sc2c1. The molecule has 2 atom stereocenters. The Morgan fingerprint density at radius 2 is 2.31 bits per heavy atom. The van der Waals surface area contributed by atoms with E-state index in [9.17, 15) is 9.18 Å². The van der Waals surface area contributed by atoms with Crippen LogP contribution in [0.1, 0.15) is 44.6 Å². The normalized spacial score (nSPS) is 26.7. The van der Waals surface area contributed by atoms with Crippen LogP contribution < -0.4 is 5.32 Å². The van der Waals surface area contributed by atoms with Crippen LogP contribution in [-0.4, -0.2) is 35.9 Å². The molecule has 1 N–H and O–H groups in total. The molecule has 2 fully saturated rings. The predicted octanol–water partition coefficient (Wildman–Crippen LogP) is 4.45. The Morgan fingerprint density at radius 1 is 1.46 bits per heavy atom. The van der Waals surface area contributed by atoms with Crippen LogP contribution in [-0.2, 0) is 11.2 Å². The lowest BCUT2D eigenvalue weighted by Gasteiger charge is -2.37. The van der Waals surface area contributed by atoms with Crippen LogP contribution in [0.3, 0.4) is 0 Å². The van der Waals surface area contributed by atoms with Gasteiger partial charge in [-0.3, -0.25) is 4.79 Å². The third-order valence-corrected chi connectivity index (χ3v) is 7.00. The van der Waals surface area contributed by atoms with Gasteiger partial charge in [0.05, 0.1) is 4.70 Å². The Morgan fingerprint density at radius 3 is 3.04 bits per heavy atom. The second-order valence-corrected chi connectivity index (χ2v) is 9.10. The van der Waals surface area contributed by atoms with Gasteiger partial charge in [0, 0.05) is 12.5 Å². The Bertz CT molecular complexity index is 832. The number of aromatic nitrogens is 1. The van der Waals surface area contributed by atoms with Gasteiger partial charge in [-0.2, -0.15) is 0 Å². The number of halogens is 1. The Kier molecular flexibility index (Phi) is 4.73. The first-order valence-electron chi connectivity index (χ1n) is 9.56. The zero-order valence-corrected chi connectivity index (χ0v) is 16.3. The van der Waals surface area contributed by atoms with E-state index in [2.05, 4.69) is 22.2 Å². The van der Waals surface area contributed by atoms with Crippen LogP contribution in [0.5, 0.6) is 0 Å². The molecule has 1 aliphatic carbocycles. The van der Waals surface area contributed by atoms with Gasteiger partial charge in [0.1, 0.15) is 5.52 Å². The molecular formula is C20H26FN3OS. The van der Waals surface area contributed by atoms with Gasteiger partial charge in [0.2, 0.25) is 5.91 Å². The summed E-state index contributed by atoms with van der Waals surface area (Å²) in [7, 11) is 2.17. The van der Waals surface area contributed by atoms with E-state index in [0.717, 1.165) is 49.0 Å². The van der Waals surface area contributed by atoms with Crippen molar-refractivity contribution in [1.29, 1.82) is 0 Å². The average molecular weight is 376 g/mol. The maximum atomic E-state index is 14.2. The minimum Gasteiger partial charge on any atom is -0.306 e. The number of nitrogens with zero attached hydrogens (tertiary/aromatic N) is 2. The van der Waals surface area contributed by atoms with Crippen molar-refractivity contribution in [2.45, 2.75) is 45.4 Å². The van der Waals surface area contributed by atoms with Crippen LogP contribution in [0.25, 0.3) is 10.2 Å². The first-order valence-corrected chi connectivity index (χ1v) is 10.4. The molecule has 2 aliphatic rings. The molecule has 2 heterocycles. The van der Waals surface area contributed by atoms with Crippen LogP contribution >= 0.6 is 11.3 Å². The van der Waals surface area contributed by atoms with E-state index in [1.54, 1.807) is 0 Å². The van der Waals surface area contributed by atoms with E-state index in [1.165, 1.54) is 30.2 Å². The molecule has 1 amide bonds. The molecule has 6 heteroatoms. The number of fused-ring (bicyclic) bond motifs is 1. The zero-order valence-electron chi connectivity index (χ0n) is 15.5. The lowest BCUT2D eigenvalue weighted by molar-refractivity contribution is -0.122. The van der Waals surface area contributed by atoms with Crippen LogP contribution in [0.2, 0.25) is 0 Å². The molecule has 1 aliphatic heterocycles. The minimum absolute atomic E-state index is 0.0401. The number of aryl methyl sites for hydroxylation is 1. The summed E-state index contributed by atoms with van der Waals surface area (Å²) in [6.07, 6.45) is 6.22. The summed E-state index contributed by atoms with van der Waals surface area (Å²) >= 11 is 1.37. The third-order valence-electron chi connectivity index (χ3n) is 6.09. The quantitative estimate of drug-likeness (QED) is 0.862. The number of anilines is 1. The number of thiazole rings is 1. The van der Waals surface area contributed by atoms with Crippen molar-refractivity contribution >= 4 is 32.6 Å². The molecular weight excluding hydrogens is 349 g/mol. The molecule has 2 aromatic rings. The van der Waals surface area contributed by atoms with Crippen molar-refractivity contribution in [2.75, 3.05) is 25.5 Å². The predicted molar refractivity (Wildman–Crippen MR) is 104 cm³/mol. The molecule has 4 rings (SSSR count). The fourth-order valence-corrected chi connectivity index (χ4v) is 5.66. The van der Waals surface area contributed by atoms with E-state index in [-0.39, 0.29) is 17.6 Å². The van der Waals surface area contributed by atoms with Crippen molar-refractivity contribution in [3.05, 3.63) is 23.5 Å². The highest BCUT2D eigenvalue weighted by Gasteiger charge is 2.42. The summed E-state index contributed by atoms with van der Waals surface area (Å²) in [6.45, 7) is 4.23. The Hall–Kier alpha value is -1.53. The average Bonchev–Trinajstić information content (AvgIpc) is 3.18. The second kappa shape index (κ2) is 6.89.